The normalized spacial score (nSPS) is 10.7. The lowest BCUT2D eigenvalue weighted by atomic mass is 10.1. The van der Waals surface area contributed by atoms with Crippen LogP contribution in [0.5, 0.6) is 0 Å². The fraction of sp³-hybridized carbons (Fsp3) is 0.182. The Kier molecular flexibility index (Phi) is 5.81. The topological polar surface area (TPSA) is 45.2 Å². The van der Waals surface area contributed by atoms with E-state index in [1.54, 1.807) is 35.2 Å². The maximum absolute atomic E-state index is 13.7. The van der Waals surface area contributed by atoms with Crippen LogP contribution in [0.2, 0.25) is 0 Å². The standard InChI is InChI=1S/C22H22FN3O/c1-16(2)26(15-17-8-4-3-5-9-17)22(27)18-12-13-21(24-14-18)25-20-11-7-6-10-19(20)23/h3-14,16H,15H2,1-2H3,(H,24,25). The van der Waals surface area contributed by atoms with Crippen molar-refractivity contribution < 1.29 is 9.18 Å². The summed E-state index contributed by atoms with van der Waals surface area (Å²) in [5, 5.41) is 2.92. The number of benzene rings is 2. The van der Waals surface area contributed by atoms with Crippen molar-refractivity contribution in [2.75, 3.05) is 5.32 Å². The number of aromatic nitrogens is 1. The molecule has 2 aromatic carbocycles. The van der Waals surface area contributed by atoms with E-state index in [-0.39, 0.29) is 17.8 Å². The average molecular weight is 363 g/mol. The molecule has 0 aliphatic carbocycles. The Hall–Kier alpha value is -3.21. The minimum Gasteiger partial charge on any atom is -0.338 e. The highest BCUT2D eigenvalue weighted by molar-refractivity contribution is 5.94. The van der Waals surface area contributed by atoms with E-state index in [0.29, 0.717) is 23.6 Å². The second-order valence-corrected chi connectivity index (χ2v) is 6.55. The van der Waals surface area contributed by atoms with E-state index in [0.717, 1.165) is 5.56 Å². The summed E-state index contributed by atoms with van der Waals surface area (Å²) in [6.07, 6.45) is 1.52. The number of rotatable bonds is 6. The van der Waals surface area contributed by atoms with Gasteiger partial charge in [0, 0.05) is 18.8 Å². The molecule has 5 heteroatoms. The number of nitrogens with one attached hydrogen (secondary N) is 1. The van der Waals surface area contributed by atoms with Crippen LogP contribution < -0.4 is 5.32 Å². The van der Waals surface area contributed by atoms with Crippen LogP contribution in [0.1, 0.15) is 29.8 Å². The lowest BCUT2D eigenvalue weighted by Gasteiger charge is -2.27. The van der Waals surface area contributed by atoms with E-state index < -0.39 is 0 Å². The van der Waals surface area contributed by atoms with Crippen LogP contribution in [0.3, 0.4) is 0 Å². The van der Waals surface area contributed by atoms with Crippen molar-refractivity contribution in [1.82, 2.24) is 9.88 Å². The largest absolute Gasteiger partial charge is 0.338 e. The van der Waals surface area contributed by atoms with Gasteiger partial charge in [-0.1, -0.05) is 42.5 Å². The molecule has 138 valence electrons. The number of pyridine rings is 1. The molecular formula is C22H22FN3O. The van der Waals surface area contributed by atoms with Gasteiger partial charge in [0.25, 0.3) is 5.91 Å². The van der Waals surface area contributed by atoms with Gasteiger partial charge in [0.15, 0.2) is 0 Å². The molecule has 1 heterocycles. The summed E-state index contributed by atoms with van der Waals surface area (Å²) < 4.78 is 13.7. The molecule has 3 rings (SSSR count). The van der Waals surface area contributed by atoms with Gasteiger partial charge in [-0.05, 0) is 43.7 Å². The van der Waals surface area contributed by atoms with Crippen LogP contribution in [0.15, 0.2) is 72.9 Å². The van der Waals surface area contributed by atoms with E-state index >= 15 is 0 Å². The van der Waals surface area contributed by atoms with Crippen molar-refractivity contribution >= 4 is 17.4 Å². The van der Waals surface area contributed by atoms with Gasteiger partial charge in [0.1, 0.15) is 11.6 Å². The Morgan fingerprint density at radius 3 is 2.37 bits per heavy atom. The van der Waals surface area contributed by atoms with E-state index in [9.17, 15) is 9.18 Å². The first-order valence-electron chi connectivity index (χ1n) is 8.87. The zero-order valence-electron chi connectivity index (χ0n) is 15.4. The molecule has 0 saturated heterocycles. The summed E-state index contributed by atoms with van der Waals surface area (Å²) in [6, 6.07) is 19.7. The number of hydrogen-bond acceptors (Lipinski definition) is 3. The number of anilines is 2. The molecule has 0 radical (unpaired) electrons. The van der Waals surface area contributed by atoms with Crippen LogP contribution >= 0.6 is 0 Å². The highest BCUT2D eigenvalue weighted by atomic mass is 19.1. The van der Waals surface area contributed by atoms with E-state index in [2.05, 4.69) is 10.3 Å². The van der Waals surface area contributed by atoms with Gasteiger partial charge in [-0.15, -0.1) is 0 Å². The van der Waals surface area contributed by atoms with Crippen LogP contribution in [0, 0.1) is 5.82 Å². The molecule has 0 atom stereocenters. The third-order valence-corrected chi connectivity index (χ3v) is 4.23. The molecule has 1 aromatic heterocycles. The summed E-state index contributed by atoms with van der Waals surface area (Å²) in [4.78, 5) is 19.0. The zero-order valence-corrected chi connectivity index (χ0v) is 15.4. The highest BCUT2D eigenvalue weighted by Gasteiger charge is 2.19. The quantitative estimate of drug-likeness (QED) is 0.669. The predicted molar refractivity (Wildman–Crippen MR) is 105 cm³/mol. The third kappa shape index (κ3) is 4.70. The number of carbonyl (C=O) groups excluding carboxylic acids is 1. The van der Waals surface area contributed by atoms with Gasteiger partial charge in [-0.25, -0.2) is 9.37 Å². The fourth-order valence-electron chi connectivity index (χ4n) is 2.73. The van der Waals surface area contributed by atoms with Gasteiger partial charge >= 0.3 is 0 Å². The minimum atomic E-state index is -0.353. The van der Waals surface area contributed by atoms with Crippen molar-refractivity contribution in [3.63, 3.8) is 0 Å². The Labute approximate surface area is 158 Å². The fourth-order valence-corrected chi connectivity index (χ4v) is 2.73. The minimum absolute atomic E-state index is 0.0499. The maximum Gasteiger partial charge on any atom is 0.255 e. The second-order valence-electron chi connectivity index (χ2n) is 6.55. The molecule has 0 saturated carbocycles. The van der Waals surface area contributed by atoms with Crippen molar-refractivity contribution in [2.45, 2.75) is 26.4 Å². The Bertz CT molecular complexity index is 895. The van der Waals surface area contributed by atoms with Crippen LogP contribution in [0.25, 0.3) is 0 Å². The molecule has 27 heavy (non-hydrogen) atoms. The SMILES string of the molecule is CC(C)N(Cc1ccccc1)C(=O)c1ccc(Nc2ccccc2F)nc1. The highest BCUT2D eigenvalue weighted by Crippen LogP contribution is 2.19. The first kappa shape index (κ1) is 18.6. The summed E-state index contributed by atoms with van der Waals surface area (Å²) in [5.74, 6) is 0.0443. The number of para-hydroxylation sites is 1. The van der Waals surface area contributed by atoms with Gasteiger partial charge in [-0.3, -0.25) is 4.79 Å². The lowest BCUT2D eigenvalue weighted by molar-refractivity contribution is 0.0690. The Balaban J connectivity index is 1.74. The van der Waals surface area contributed by atoms with Crippen molar-refractivity contribution in [2.24, 2.45) is 0 Å². The third-order valence-electron chi connectivity index (χ3n) is 4.23. The molecule has 0 fully saturated rings. The van der Waals surface area contributed by atoms with Gasteiger partial charge in [0.2, 0.25) is 0 Å². The van der Waals surface area contributed by atoms with Gasteiger partial charge in [0.05, 0.1) is 11.3 Å². The van der Waals surface area contributed by atoms with E-state index in [4.69, 9.17) is 0 Å². The molecule has 0 bridgehead atoms. The van der Waals surface area contributed by atoms with E-state index in [1.807, 2.05) is 44.2 Å². The summed E-state index contributed by atoms with van der Waals surface area (Å²) in [5.41, 5.74) is 1.92. The first-order chi connectivity index (χ1) is 13.0. The lowest BCUT2D eigenvalue weighted by Crippen LogP contribution is -2.36. The van der Waals surface area contributed by atoms with Crippen LogP contribution in [0.4, 0.5) is 15.9 Å². The summed E-state index contributed by atoms with van der Waals surface area (Å²) in [7, 11) is 0. The molecular weight excluding hydrogens is 341 g/mol. The first-order valence-corrected chi connectivity index (χ1v) is 8.87. The summed E-state index contributed by atoms with van der Waals surface area (Å²) in [6.45, 7) is 4.51. The molecule has 0 aliphatic heterocycles. The number of nitrogens with zero attached hydrogens (tertiary/aromatic N) is 2. The molecule has 4 nitrogen and oxygen atoms in total. The van der Waals surface area contributed by atoms with Crippen molar-refractivity contribution in [3.8, 4) is 0 Å². The van der Waals surface area contributed by atoms with Gasteiger partial charge in [-0.2, -0.15) is 0 Å². The Morgan fingerprint density at radius 2 is 1.74 bits per heavy atom. The maximum atomic E-state index is 13.7. The number of hydrogen-bond donors (Lipinski definition) is 1. The Morgan fingerprint density at radius 1 is 1.04 bits per heavy atom. The van der Waals surface area contributed by atoms with E-state index in [1.165, 1.54) is 12.3 Å². The number of amides is 1. The van der Waals surface area contributed by atoms with Crippen molar-refractivity contribution in [1.29, 1.82) is 0 Å². The average Bonchev–Trinajstić information content (AvgIpc) is 2.68. The molecule has 3 aromatic rings. The molecule has 1 N–H and O–H groups in total. The molecule has 1 amide bonds. The van der Waals surface area contributed by atoms with Crippen LogP contribution in [-0.2, 0) is 6.54 Å². The molecule has 0 unspecified atom stereocenters. The molecule has 0 spiro atoms. The second kappa shape index (κ2) is 8.45. The zero-order chi connectivity index (χ0) is 19.2. The monoisotopic (exact) mass is 363 g/mol. The van der Waals surface area contributed by atoms with Gasteiger partial charge < -0.3 is 10.2 Å². The number of halogens is 1. The summed E-state index contributed by atoms with van der Waals surface area (Å²) >= 11 is 0. The molecule has 0 aliphatic rings. The number of carbonyl (C=O) groups is 1. The predicted octanol–water partition coefficient (Wildman–Crippen LogP) is 5.02. The van der Waals surface area contributed by atoms with Crippen LogP contribution in [-0.4, -0.2) is 21.8 Å². The smallest absolute Gasteiger partial charge is 0.255 e. The van der Waals surface area contributed by atoms with Crippen molar-refractivity contribution in [3.05, 3.63) is 89.9 Å².